The van der Waals surface area contributed by atoms with E-state index in [1.54, 1.807) is 25.1 Å². The van der Waals surface area contributed by atoms with Gasteiger partial charge in [-0.15, -0.1) is 0 Å². The molecule has 1 N–H and O–H groups in total. The van der Waals surface area contributed by atoms with E-state index in [9.17, 15) is 18.0 Å². The first-order chi connectivity index (χ1) is 13.4. The second-order valence-corrected chi connectivity index (χ2v) is 8.60. The van der Waals surface area contributed by atoms with E-state index in [1.165, 1.54) is 6.08 Å². The molecule has 6 nitrogen and oxygen atoms in total. The van der Waals surface area contributed by atoms with E-state index in [0.29, 0.717) is 16.7 Å². The fourth-order valence-electron chi connectivity index (χ4n) is 3.27. The number of hydrogen-bond acceptors (Lipinski definition) is 5. The number of benzene rings is 2. The van der Waals surface area contributed by atoms with Crippen molar-refractivity contribution in [3.05, 3.63) is 81.4 Å². The molecular weight excluding hydrogens is 378 g/mol. The lowest BCUT2D eigenvalue weighted by Crippen LogP contribution is -2.35. The maximum absolute atomic E-state index is 12.8. The van der Waals surface area contributed by atoms with Crippen molar-refractivity contribution in [1.29, 1.82) is 0 Å². The summed E-state index contributed by atoms with van der Waals surface area (Å²) in [6.07, 6.45) is 1.44. The molecule has 2 heterocycles. The standard InChI is InChI=1S/C21H17NO5S/c1-13-18(23)16-8-5-9-17(21(24)22-15-10-11-28(25,26)12-15)20(16)27-19(13)14-6-3-2-4-7-14/h2-11,15H,12H2,1H3,(H,22,24). The number of para-hydroxylation sites is 1. The Bertz CT molecular complexity index is 1270. The predicted octanol–water partition coefficient (Wildman–Crippen LogP) is 2.81. The third kappa shape index (κ3) is 3.25. The highest BCUT2D eigenvalue weighted by Crippen LogP contribution is 2.27. The zero-order chi connectivity index (χ0) is 19.9. The van der Waals surface area contributed by atoms with Gasteiger partial charge < -0.3 is 9.73 Å². The largest absolute Gasteiger partial charge is 0.455 e. The van der Waals surface area contributed by atoms with Gasteiger partial charge in [0.05, 0.1) is 22.7 Å². The lowest BCUT2D eigenvalue weighted by atomic mass is 10.0. The fraction of sp³-hybridized carbons (Fsp3) is 0.143. The maximum Gasteiger partial charge on any atom is 0.255 e. The molecule has 28 heavy (non-hydrogen) atoms. The normalized spacial score (nSPS) is 17.7. The van der Waals surface area contributed by atoms with Gasteiger partial charge in [-0.25, -0.2) is 8.42 Å². The van der Waals surface area contributed by atoms with E-state index in [4.69, 9.17) is 4.42 Å². The summed E-state index contributed by atoms with van der Waals surface area (Å²) in [5.74, 6) is -0.271. The van der Waals surface area contributed by atoms with Crippen molar-refractivity contribution < 1.29 is 17.6 Å². The highest BCUT2D eigenvalue weighted by molar-refractivity contribution is 7.94. The number of fused-ring (bicyclic) bond motifs is 1. The van der Waals surface area contributed by atoms with Crippen molar-refractivity contribution >= 4 is 26.7 Å². The van der Waals surface area contributed by atoms with Gasteiger partial charge in [-0.3, -0.25) is 9.59 Å². The minimum Gasteiger partial charge on any atom is -0.455 e. The van der Waals surface area contributed by atoms with Gasteiger partial charge in [0.25, 0.3) is 5.91 Å². The molecule has 2 aromatic carbocycles. The summed E-state index contributed by atoms with van der Waals surface area (Å²) in [5, 5.41) is 4.07. The lowest BCUT2D eigenvalue weighted by Gasteiger charge is -2.13. The fourth-order valence-corrected chi connectivity index (χ4v) is 4.50. The number of carbonyl (C=O) groups is 1. The Morgan fingerprint density at radius 3 is 2.54 bits per heavy atom. The zero-order valence-corrected chi connectivity index (χ0v) is 15.8. The Balaban J connectivity index is 1.81. The maximum atomic E-state index is 12.8. The number of sulfone groups is 1. The Morgan fingerprint density at radius 1 is 1.11 bits per heavy atom. The van der Waals surface area contributed by atoms with E-state index in [0.717, 1.165) is 11.0 Å². The number of nitrogens with one attached hydrogen (secondary N) is 1. The molecule has 1 unspecified atom stereocenters. The smallest absolute Gasteiger partial charge is 0.255 e. The molecule has 0 saturated heterocycles. The Hall–Kier alpha value is -3.19. The summed E-state index contributed by atoms with van der Waals surface area (Å²) < 4.78 is 29.1. The highest BCUT2D eigenvalue weighted by atomic mass is 32.2. The van der Waals surface area contributed by atoms with Crippen LogP contribution < -0.4 is 10.7 Å². The van der Waals surface area contributed by atoms with Crippen molar-refractivity contribution in [3.63, 3.8) is 0 Å². The molecule has 0 saturated carbocycles. The molecule has 142 valence electrons. The van der Waals surface area contributed by atoms with Gasteiger partial charge in [-0.05, 0) is 25.1 Å². The minimum absolute atomic E-state index is 0.179. The van der Waals surface area contributed by atoms with E-state index in [1.807, 2.05) is 30.3 Å². The Labute approximate surface area is 161 Å². The van der Waals surface area contributed by atoms with E-state index in [2.05, 4.69) is 5.32 Å². The van der Waals surface area contributed by atoms with Crippen molar-refractivity contribution in [3.8, 4) is 11.3 Å². The molecule has 1 aliphatic rings. The van der Waals surface area contributed by atoms with Crippen LogP contribution in [-0.4, -0.2) is 26.1 Å². The summed E-state index contributed by atoms with van der Waals surface area (Å²) in [5.41, 5.74) is 1.35. The molecular formula is C21H17NO5S. The van der Waals surface area contributed by atoms with Crippen LogP contribution in [0.4, 0.5) is 0 Å². The first-order valence-electron chi connectivity index (χ1n) is 8.69. The average Bonchev–Trinajstić information content (AvgIpc) is 3.03. The van der Waals surface area contributed by atoms with Gasteiger partial charge in [0.15, 0.2) is 20.8 Å². The number of carbonyl (C=O) groups excluding carboxylic acids is 1. The van der Waals surface area contributed by atoms with Gasteiger partial charge in [0, 0.05) is 16.5 Å². The molecule has 0 fully saturated rings. The van der Waals surface area contributed by atoms with Crippen LogP contribution in [0.2, 0.25) is 0 Å². The van der Waals surface area contributed by atoms with Crippen LogP contribution in [0.25, 0.3) is 22.3 Å². The summed E-state index contributed by atoms with van der Waals surface area (Å²) in [6, 6.07) is 13.4. The monoisotopic (exact) mass is 395 g/mol. The number of hydrogen-bond donors (Lipinski definition) is 1. The quantitative estimate of drug-likeness (QED) is 0.736. The lowest BCUT2D eigenvalue weighted by molar-refractivity contribution is 0.0948. The van der Waals surface area contributed by atoms with Crippen molar-refractivity contribution in [2.24, 2.45) is 0 Å². The first-order valence-corrected chi connectivity index (χ1v) is 10.4. The van der Waals surface area contributed by atoms with Crippen LogP contribution in [0, 0.1) is 6.92 Å². The molecule has 0 bridgehead atoms. The van der Waals surface area contributed by atoms with Crippen LogP contribution in [0.15, 0.2) is 69.2 Å². The zero-order valence-electron chi connectivity index (χ0n) is 15.0. The van der Waals surface area contributed by atoms with Crippen molar-refractivity contribution in [2.75, 3.05) is 5.75 Å². The average molecular weight is 395 g/mol. The number of rotatable bonds is 3. The first kappa shape index (κ1) is 18.2. The molecule has 1 amide bonds. The topological polar surface area (TPSA) is 93.4 Å². The number of amides is 1. The van der Waals surface area contributed by atoms with Gasteiger partial charge >= 0.3 is 0 Å². The highest BCUT2D eigenvalue weighted by Gasteiger charge is 2.25. The Morgan fingerprint density at radius 2 is 1.86 bits per heavy atom. The molecule has 0 radical (unpaired) electrons. The molecule has 4 rings (SSSR count). The molecule has 1 aliphatic heterocycles. The summed E-state index contributed by atoms with van der Waals surface area (Å²) in [6.45, 7) is 1.69. The van der Waals surface area contributed by atoms with Gasteiger partial charge in [-0.1, -0.05) is 36.4 Å². The molecule has 0 spiro atoms. The summed E-state index contributed by atoms with van der Waals surface area (Å²) in [4.78, 5) is 25.6. The van der Waals surface area contributed by atoms with Gasteiger partial charge in [0.2, 0.25) is 0 Å². The molecule has 1 atom stereocenters. The molecule has 3 aromatic rings. The third-order valence-corrected chi connectivity index (χ3v) is 6.07. The van der Waals surface area contributed by atoms with Crippen LogP contribution in [0.1, 0.15) is 15.9 Å². The summed E-state index contributed by atoms with van der Waals surface area (Å²) in [7, 11) is -3.29. The predicted molar refractivity (Wildman–Crippen MR) is 107 cm³/mol. The second kappa shape index (κ2) is 6.76. The Kier molecular flexibility index (Phi) is 4.39. The van der Waals surface area contributed by atoms with Crippen LogP contribution in [0.5, 0.6) is 0 Å². The van der Waals surface area contributed by atoms with E-state index < -0.39 is 21.8 Å². The van der Waals surface area contributed by atoms with Crippen LogP contribution in [-0.2, 0) is 9.84 Å². The van der Waals surface area contributed by atoms with Gasteiger partial charge in [-0.2, -0.15) is 0 Å². The molecule has 0 aliphatic carbocycles. The van der Waals surface area contributed by atoms with Crippen molar-refractivity contribution in [2.45, 2.75) is 13.0 Å². The molecule has 7 heteroatoms. The van der Waals surface area contributed by atoms with Crippen LogP contribution in [0.3, 0.4) is 0 Å². The van der Waals surface area contributed by atoms with Gasteiger partial charge in [0.1, 0.15) is 5.76 Å². The third-order valence-electron chi connectivity index (χ3n) is 4.67. The molecule has 1 aromatic heterocycles. The van der Waals surface area contributed by atoms with E-state index >= 15 is 0 Å². The van der Waals surface area contributed by atoms with Crippen LogP contribution >= 0.6 is 0 Å². The van der Waals surface area contributed by atoms with E-state index in [-0.39, 0.29) is 22.3 Å². The minimum atomic E-state index is -3.29. The summed E-state index contributed by atoms with van der Waals surface area (Å²) >= 11 is 0. The second-order valence-electron chi connectivity index (χ2n) is 6.67. The van der Waals surface area contributed by atoms with Crippen molar-refractivity contribution in [1.82, 2.24) is 5.32 Å². The SMILES string of the molecule is Cc1c(-c2ccccc2)oc2c(C(=O)NC3C=CS(=O)(=O)C3)cccc2c1=O.